The van der Waals surface area contributed by atoms with E-state index in [2.05, 4.69) is 21.2 Å². The van der Waals surface area contributed by atoms with Crippen molar-refractivity contribution in [2.75, 3.05) is 36.9 Å². The van der Waals surface area contributed by atoms with Crippen LogP contribution in [-0.4, -0.2) is 48.3 Å². The molecule has 0 saturated carbocycles. The van der Waals surface area contributed by atoms with Gasteiger partial charge in [0.15, 0.2) is 0 Å². The summed E-state index contributed by atoms with van der Waals surface area (Å²) in [6.45, 7) is 2.98. The molecule has 1 heterocycles. The third-order valence-corrected chi connectivity index (χ3v) is 5.98. The van der Waals surface area contributed by atoms with Crippen LogP contribution in [-0.2, 0) is 9.59 Å². The molecular formula is C22H25BrN4O4. The normalized spacial score (nSPS) is 14.2. The van der Waals surface area contributed by atoms with E-state index >= 15 is 0 Å². The van der Waals surface area contributed by atoms with Crippen LogP contribution in [0.5, 0.6) is 0 Å². The van der Waals surface area contributed by atoms with Crippen molar-refractivity contribution in [1.29, 1.82) is 0 Å². The zero-order valence-corrected chi connectivity index (χ0v) is 19.1. The van der Waals surface area contributed by atoms with Crippen molar-refractivity contribution in [3.63, 3.8) is 0 Å². The number of halogens is 1. The van der Waals surface area contributed by atoms with Gasteiger partial charge in [-0.2, -0.15) is 0 Å². The maximum absolute atomic E-state index is 12.8. The Hall–Kier alpha value is -2.94. The Morgan fingerprint density at radius 3 is 2.55 bits per heavy atom. The van der Waals surface area contributed by atoms with E-state index in [-0.39, 0.29) is 34.9 Å². The minimum absolute atomic E-state index is 0.0291. The van der Waals surface area contributed by atoms with Crippen LogP contribution in [0, 0.1) is 23.0 Å². The number of hydrogen-bond donors (Lipinski definition) is 1. The molecule has 3 rings (SSSR count). The van der Waals surface area contributed by atoms with Crippen LogP contribution >= 0.6 is 15.9 Å². The number of carbonyl (C=O) groups is 2. The maximum atomic E-state index is 12.8. The van der Waals surface area contributed by atoms with Gasteiger partial charge in [-0.1, -0.05) is 28.1 Å². The number of carbonyl (C=O) groups excluding carboxylic acids is 2. The maximum Gasteiger partial charge on any atom is 0.292 e. The molecule has 0 unspecified atom stereocenters. The molecule has 1 aliphatic heterocycles. The molecule has 1 saturated heterocycles. The van der Waals surface area contributed by atoms with Crippen LogP contribution in [0.2, 0.25) is 0 Å². The summed E-state index contributed by atoms with van der Waals surface area (Å²) >= 11 is 3.39. The summed E-state index contributed by atoms with van der Waals surface area (Å²) in [4.78, 5) is 39.5. The third-order valence-electron chi connectivity index (χ3n) is 5.48. The lowest BCUT2D eigenvalue weighted by molar-refractivity contribution is -0.384. The average molecular weight is 489 g/mol. The number of rotatable bonds is 6. The van der Waals surface area contributed by atoms with Gasteiger partial charge in [0.2, 0.25) is 11.8 Å². The minimum atomic E-state index is -0.383. The van der Waals surface area contributed by atoms with E-state index in [9.17, 15) is 19.7 Å². The van der Waals surface area contributed by atoms with Gasteiger partial charge >= 0.3 is 0 Å². The van der Waals surface area contributed by atoms with E-state index in [4.69, 9.17) is 0 Å². The second-order valence-corrected chi connectivity index (χ2v) is 8.62. The van der Waals surface area contributed by atoms with Crippen LogP contribution in [0.1, 0.15) is 18.4 Å². The summed E-state index contributed by atoms with van der Waals surface area (Å²) in [5, 5.41) is 14.1. The summed E-state index contributed by atoms with van der Waals surface area (Å²) in [7, 11) is 1.63. The second-order valence-electron chi connectivity index (χ2n) is 7.71. The van der Waals surface area contributed by atoms with Gasteiger partial charge in [-0.25, -0.2) is 0 Å². The fourth-order valence-corrected chi connectivity index (χ4v) is 4.29. The van der Waals surface area contributed by atoms with E-state index in [1.165, 1.54) is 11.0 Å². The highest BCUT2D eigenvalue weighted by Crippen LogP contribution is 2.31. The van der Waals surface area contributed by atoms with Gasteiger partial charge in [0.05, 0.1) is 11.5 Å². The first-order valence-electron chi connectivity index (χ1n) is 10.1. The molecule has 0 aromatic heterocycles. The Morgan fingerprint density at radius 1 is 1.23 bits per heavy atom. The number of nitro benzene ring substituents is 1. The number of nitrogens with one attached hydrogen (secondary N) is 1. The molecule has 2 amide bonds. The van der Waals surface area contributed by atoms with Crippen LogP contribution in [0.4, 0.5) is 17.1 Å². The van der Waals surface area contributed by atoms with Crippen molar-refractivity contribution in [3.05, 3.63) is 62.6 Å². The van der Waals surface area contributed by atoms with Crippen LogP contribution in [0.25, 0.3) is 0 Å². The second kappa shape index (κ2) is 9.91. The van der Waals surface area contributed by atoms with Crippen LogP contribution in [0.15, 0.2) is 46.9 Å². The monoisotopic (exact) mass is 488 g/mol. The Morgan fingerprint density at radius 2 is 1.90 bits per heavy atom. The van der Waals surface area contributed by atoms with Crippen LogP contribution in [0.3, 0.4) is 0 Å². The summed E-state index contributed by atoms with van der Waals surface area (Å²) in [5.74, 6) is -0.533. The standard InChI is InChI=1S/C22H25BrN4O4/c1-15-13-17(23)7-8-18(15)24-21(28)14-25(2)22(29)16-9-11-26(12-10-16)19-5-3-4-6-20(19)27(30)31/h3-8,13,16H,9-12,14H2,1-2H3,(H,24,28). The average Bonchev–Trinajstić information content (AvgIpc) is 2.75. The molecular weight excluding hydrogens is 464 g/mol. The Labute approximate surface area is 189 Å². The Kier molecular flexibility index (Phi) is 7.27. The number of benzene rings is 2. The smallest absolute Gasteiger partial charge is 0.292 e. The molecule has 0 atom stereocenters. The molecule has 2 aromatic rings. The SMILES string of the molecule is Cc1cc(Br)ccc1NC(=O)CN(C)C(=O)C1CCN(c2ccccc2[N+](=O)[O-])CC1. The lowest BCUT2D eigenvalue weighted by Gasteiger charge is -2.34. The lowest BCUT2D eigenvalue weighted by Crippen LogP contribution is -2.43. The lowest BCUT2D eigenvalue weighted by atomic mass is 9.95. The van der Waals surface area contributed by atoms with Gasteiger partial charge in [0.25, 0.3) is 5.69 Å². The number of hydrogen-bond acceptors (Lipinski definition) is 5. The van der Waals surface area contributed by atoms with E-state index in [0.29, 0.717) is 37.3 Å². The summed E-state index contributed by atoms with van der Waals surface area (Å²) in [6, 6.07) is 12.2. The minimum Gasteiger partial charge on any atom is -0.366 e. The number of para-hydroxylation sites is 2. The fraction of sp³-hybridized carbons (Fsp3) is 0.364. The number of nitro groups is 1. The fourth-order valence-electron chi connectivity index (χ4n) is 3.82. The number of anilines is 2. The van der Waals surface area contributed by atoms with Crippen molar-refractivity contribution >= 4 is 44.8 Å². The summed E-state index contributed by atoms with van der Waals surface area (Å²) in [5.41, 5.74) is 2.30. The highest BCUT2D eigenvalue weighted by Gasteiger charge is 2.30. The van der Waals surface area contributed by atoms with Crippen molar-refractivity contribution in [2.24, 2.45) is 5.92 Å². The van der Waals surface area contributed by atoms with E-state index in [0.717, 1.165) is 10.0 Å². The zero-order chi connectivity index (χ0) is 22.5. The van der Waals surface area contributed by atoms with Crippen molar-refractivity contribution in [2.45, 2.75) is 19.8 Å². The largest absolute Gasteiger partial charge is 0.366 e. The van der Waals surface area contributed by atoms with Gasteiger partial charge in [0, 0.05) is 42.3 Å². The van der Waals surface area contributed by atoms with Gasteiger partial charge in [-0.05, 0) is 49.6 Å². The predicted molar refractivity (Wildman–Crippen MR) is 123 cm³/mol. The van der Waals surface area contributed by atoms with Gasteiger partial charge in [-0.3, -0.25) is 19.7 Å². The third kappa shape index (κ3) is 5.61. The molecule has 0 spiro atoms. The van der Waals surface area contributed by atoms with Crippen LogP contribution < -0.4 is 10.2 Å². The van der Waals surface area contributed by atoms with Gasteiger partial charge < -0.3 is 15.1 Å². The van der Waals surface area contributed by atoms with E-state index in [1.807, 2.05) is 30.0 Å². The number of aryl methyl sites for hydroxylation is 1. The van der Waals surface area contributed by atoms with Gasteiger partial charge in [-0.15, -0.1) is 0 Å². The zero-order valence-electron chi connectivity index (χ0n) is 17.5. The Balaban J connectivity index is 1.54. The molecule has 1 aliphatic rings. The molecule has 8 nitrogen and oxygen atoms in total. The molecule has 2 aromatic carbocycles. The van der Waals surface area contributed by atoms with Gasteiger partial charge in [0.1, 0.15) is 5.69 Å². The molecule has 164 valence electrons. The van der Waals surface area contributed by atoms with Crippen molar-refractivity contribution in [1.82, 2.24) is 4.90 Å². The topological polar surface area (TPSA) is 95.8 Å². The molecule has 1 fully saturated rings. The van der Waals surface area contributed by atoms with E-state index in [1.54, 1.807) is 25.2 Å². The summed E-state index contributed by atoms with van der Waals surface area (Å²) < 4.78 is 0.933. The van der Waals surface area contributed by atoms with E-state index < -0.39 is 0 Å². The number of amides is 2. The highest BCUT2D eigenvalue weighted by atomic mass is 79.9. The first-order chi connectivity index (χ1) is 14.8. The number of likely N-dealkylation sites (N-methyl/N-ethyl adjacent to an activating group) is 1. The van der Waals surface area contributed by atoms with Crippen molar-refractivity contribution in [3.8, 4) is 0 Å². The highest BCUT2D eigenvalue weighted by molar-refractivity contribution is 9.10. The predicted octanol–water partition coefficient (Wildman–Crippen LogP) is 3.98. The summed E-state index contributed by atoms with van der Waals surface area (Å²) in [6.07, 6.45) is 1.17. The first-order valence-corrected chi connectivity index (χ1v) is 10.8. The number of nitrogens with zero attached hydrogens (tertiary/aromatic N) is 3. The quantitative estimate of drug-likeness (QED) is 0.489. The number of piperidine rings is 1. The molecule has 0 aliphatic carbocycles. The molecule has 31 heavy (non-hydrogen) atoms. The molecule has 9 heteroatoms. The van der Waals surface area contributed by atoms with Crippen molar-refractivity contribution < 1.29 is 14.5 Å². The first kappa shape index (κ1) is 22.7. The molecule has 0 radical (unpaired) electrons. The molecule has 0 bridgehead atoms. The molecule has 1 N–H and O–H groups in total. The Bertz CT molecular complexity index is 989.